The van der Waals surface area contributed by atoms with Gasteiger partial charge in [0.1, 0.15) is 0 Å². The molecule has 0 saturated heterocycles. The molecule has 1 N–H and O–H groups in total. The van der Waals surface area contributed by atoms with Crippen molar-refractivity contribution in [3.8, 4) is 11.5 Å². The van der Waals surface area contributed by atoms with E-state index in [1.165, 1.54) is 12.1 Å². The Hall–Kier alpha value is -2.44. The lowest BCUT2D eigenvalue weighted by Crippen LogP contribution is -2.21. The van der Waals surface area contributed by atoms with Crippen LogP contribution in [0.2, 0.25) is 10.0 Å². The van der Waals surface area contributed by atoms with Gasteiger partial charge in [-0.3, -0.25) is 4.79 Å². The maximum absolute atomic E-state index is 12.2. The average molecular weight is 396 g/mol. The number of carbonyl (C=O) groups excluding carboxylic acids is 2. The molecule has 0 aliphatic carbocycles. The van der Waals surface area contributed by atoms with Crippen LogP contribution in [-0.4, -0.2) is 31.7 Å². The van der Waals surface area contributed by atoms with Gasteiger partial charge in [0.05, 0.1) is 34.5 Å². The first-order valence-corrected chi connectivity index (χ1v) is 8.61. The van der Waals surface area contributed by atoms with E-state index >= 15 is 0 Å². The van der Waals surface area contributed by atoms with Crippen molar-refractivity contribution < 1.29 is 23.8 Å². The first-order valence-electron chi connectivity index (χ1n) is 7.85. The largest absolute Gasteiger partial charge is 0.489 e. The first kappa shape index (κ1) is 18.4. The van der Waals surface area contributed by atoms with E-state index in [9.17, 15) is 9.59 Å². The predicted octanol–water partition coefficient (Wildman–Crippen LogP) is 3.95. The highest BCUT2D eigenvalue weighted by Gasteiger charge is 2.20. The number of amides is 1. The van der Waals surface area contributed by atoms with Gasteiger partial charge in [0.25, 0.3) is 5.91 Å². The molecule has 26 heavy (non-hydrogen) atoms. The molecule has 0 atom stereocenters. The Bertz CT molecular complexity index is 840. The maximum Gasteiger partial charge on any atom is 0.338 e. The summed E-state index contributed by atoms with van der Waals surface area (Å²) in [6.07, 6.45) is 0.715. The summed E-state index contributed by atoms with van der Waals surface area (Å²) in [5.41, 5.74) is 0.610. The van der Waals surface area contributed by atoms with E-state index in [1.807, 2.05) is 0 Å². The quantitative estimate of drug-likeness (QED) is 0.793. The van der Waals surface area contributed by atoms with E-state index < -0.39 is 18.5 Å². The van der Waals surface area contributed by atoms with Crippen LogP contribution in [0.5, 0.6) is 11.5 Å². The Kier molecular flexibility index (Phi) is 5.85. The molecule has 1 aliphatic rings. The fraction of sp³-hybridized carbons (Fsp3) is 0.222. The number of nitrogens with one attached hydrogen (secondary N) is 1. The number of ether oxygens (including phenoxy) is 3. The van der Waals surface area contributed by atoms with Crippen molar-refractivity contribution >= 4 is 40.8 Å². The lowest BCUT2D eigenvalue weighted by atomic mass is 10.2. The third kappa shape index (κ3) is 4.39. The van der Waals surface area contributed by atoms with Crippen molar-refractivity contribution in [2.75, 3.05) is 25.1 Å². The summed E-state index contributed by atoms with van der Waals surface area (Å²) >= 11 is 12.1. The van der Waals surface area contributed by atoms with Gasteiger partial charge in [-0.1, -0.05) is 35.3 Å². The van der Waals surface area contributed by atoms with Gasteiger partial charge < -0.3 is 19.5 Å². The number of rotatable bonds is 4. The van der Waals surface area contributed by atoms with Crippen LogP contribution >= 0.6 is 23.2 Å². The van der Waals surface area contributed by atoms with Crippen LogP contribution in [0.25, 0.3) is 0 Å². The SMILES string of the molecule is O=C(COC(=O)c1cc(Cl)c2c(c1)OCCCO2)Nc1ccccc1Cl. The van der Waals surface area contributed by atoms with Gasteiger partial charge in [-0.05, 0) is 24.3 Å². The second kappa shape index (κ2) is 8.29. The van der Waals surface area contributed by atoms with Gasteiger partial charge in [0.15, 0.2) is 18.1 Å². The Labute approximate surface area is 159 Å². The standard InChI is InChI=1S/C18H15Cl2NO5/c19-12-4-1-2-5-14(12)21-16(22)10-26-18(23)11-8-13(20)17-15(9-11)24-6-3-7-25-17/h1-2,4-5,8-9H,3,6-7,10H2,(H,21,22). The van der Waals surface area contributed by atoms with E-state index in [1.54, 1.807) is 24.3 Å². The molecule has 0 bridgehead atoms. The van der Waals surface area contributed by atoms with E-state index in [0.29, 0.717) is 41.8 Å². The number of anilines is 1. The summed E-state index contributed by atoms with van der Waals surface area (Å²) in [6, 6.07) is 9.66. The molecule has 0 radical (unpaired) electrons. The van der Waals surface area contributed by atoms with Crippen LogP contribution in [0.1, 0.15) is 16.8 Å². The molecule has 0 saturated carbocycles. The molecule has 1 aliphatic heterocycles. The molecule has 2 aromatic rings. The zero-order valence-electron chi connectivity index (χ0n) is 13.6. The molecule has 0 aromatic heterocycles. The highest BCUT2D eigenvalue weighted by molar-refractivity contribution is 6.33. The van der Waals surface area contributed by atoms with Crippen LogP contribution in [0.15, 0.2) is 36.4 Å². The molecule has 1 heterocycles. The highest BCUT2D eigenvalue weighted by Crippen LogP contribution is 2.38. The molecule has 0 fully saturated rings. The van der Waals surface area contributed by atoms with Crippen molar-refractivity contribution in [3.05, 3.63) is 52.0 Å². The van der Waals surface area contributed by atoms with Crippen molar-refractivity contribution in [2.45, 2.75) is 6.42 Å². The van der Waals surface area contributed by atoms with E-state index in [2.05, 4.69) is 5.32 Å². The third-order valence-corrected chi connectivity index (χ3v) is 4.13. The lowest BCUT2D eigenvalue weighted by molar-refractivity contribution is -0.119. The van der Waals surface area contributed by atoms with E-state index in [-0.39, 0.29) is 10.6 Å². The van der Waals surface area contributed by atoms with Gasteiger partial charge in [-0.15, -0.1) is 0 Å². The van der Waals surface area contributed by atoms with E-state index in [0.717, 1.165) is 0 Å². The number of fused-ring (bicyclic) bond motifs is 1. The van der Waals surface area contributed by atoms with E-state index in [4.69, 9.17) is 37.4 Å². The summed E-state index contributed by atoms with van der Waals surface area (Å²) in [4.78, 5) is 24.1. The number of para-hydroxylation sites is 1. The Balaban J connectivity index is 1.63. The predicted molar refractivity (Wildman–Crippen MR) is 97.4 cm³/mol. The fourth-order valence-electron chi connectivity index (χ4n) is 2.31. The van der Waals surface area contributed by atoms with Crippen LogP contribution in [-0.2, 0) is 9.53 Å². The molecule has 0 unspecified atom stereocenters. The summed E-state index contributed by atoms with van der Waals surface area (Å²) in [7, 11) is 0. The van der Waals surface area contributed by atoms with Gasteiger partial charge in [0, 0.05) is 6.42 Å². The van der Waals surface area contributed by atoms with Gasteiger partial charge in [-0.25, -0.2) is 4.79 Å². The fourth-order valence-corrected chi connectivity index (χ4v) is 2.76. The van der Waals surface area contributed by atoms with Crippen molar-refractivity contribution in [2.24, 2.45) is 0 Å². The minimum Gasteiger partial charge on any atom is -0.489 e. The van der Waals surface area contributed by atoms with Gasteiger partial charge >= 0.3 is 5.97 Å². The van der Waals surface area contributed by atoms with Crippen molar-refractivity contribution in [1.29, 1.82) is 0 Å². The average Bonchev–Trinajstić information content (AvgIpc) is 2.87. The van der Waals surface area contributed by atoms with Crippen LogP contribution in [0, 0.1) is 0 Å². The summed E-state index contributed by atoms with van der Waals surface area (Å²) in [5.74, 6) is -0.427. The maximum atomic E-state index is 12.2. The number of hydrogen-bond acceptors (Lipinski definition) is 5. The monoisotopic (exact) mass is 395 g/mol. The minimum atomic E-state index is -0.697. The molecule has 2 aromatic carbocycles. The third-order valence-electron chi connectivity index (χ3n) is 3.52. The molecule has 1 amide bonds. The lowest BCUT2D eigenvalue weighted by Gasteiger charge is -2.11. The van der Waals surface area contributed by atoms with Crippen molar-refractivity contribution in [3.63, 3.8) is 0 Å². The zero-order valence-corrected chi connectivity index (χ0v) is 15.1. The molecule has 3 rings (SSSR count). The smallest absolute Gasteiger partial charge is 0.338 e. The summed E-state index contributed by atoms with van der Waals surface area (Å²) < 4.78 is 16.1. The Morgan fingerprint density at radius 2 is 1.85 bits per heavy atom. The van der Waals surface area contributed by atoms with Gasteiger partial charge in [0.2, 0.25) is 0 Å². The van der Waals surface area contributed by atoms with Crippen LogP contribution < -0.4 is 14.8 Å². The molecule has 0 spiro atoms. The number of esters is 1. The van der Waals surface area contributed by atoms with Crippen LogP contribution in [0.4, 0.5) is 5.69 Å². The Morgan fingerprint density at radius 1 is 1.08 bits per heavy atom. The molecule has 8 heteroatoms. The summed E-state index contributed by atoms with van der Waals surface area (Å²) in [6.45, 7) is 0.483. The Morgan fingerprint density at radius 3 is 2.65 bits per heavy atom. The highest BCUT2D eigenvalue weighted by atomic mass is 35.5. The molecular weight excluding hydrogens is 381 g/mol. The molecule has 6 nitrogen and oxygen atoms in total. The second-order valence-electron chi connectivity index (χ2n) is 5.44. The zero-order chi connectivity index (χ0) is 18.5. The number of hydrogen-bond donors (Lipinski definition) is 1. The van der Waals surface area contributed by atoms with Crippen LogP contribution in [0.3, 0.4) is 0 Å². The second-order valence-corrected chi connectivity index (χ2v) is 6.25. The number of carbonyl (C=O) groups is 2. The molecule has 136 valence electrons. The normalized spacial score (nSPS) is 12.8. The number of benzene rings is 2. The van der Waals surface area contributed by atoms with Crippen molar-refractivity contribution in [1.82, 2.24) is 0 Å². The topological polar surface area (TPSA) is 73.9 Å². The number of halogens is 2. The minimum absolute atomic E-state index is 0.171. The van der Waals surface area contributed by atoms with Gasteiger partial charge in [-0.2, -0.15) is 0 Å². The summed E-state index contributed by atoms with van der Waals surface area (Å²) in [5, 5.41) is 3.21. The molecular formula is C18H15Cl2NO5. The first-order chi connectivity index (χ1) is 12.5.